The van der Waals surface area contributed by atoms with Crippen LogP contribution in [0.3, 0.4) is 0 Å². The van der Waals surface area contributed by atoms with Crippen molar-refractivity contribution < 1.29 is 0 Å². The van der Waals surface area contributed by atoms with E-state index in [1.807, 2.05) is 4.68 Å². The third-order valence-corrected chi connectivity index (χ3v) is 3.14. The molecule has 80 valence electrons. The van der Waals surface area contributed by atoms with E-state index >= 15 is 0 Å². The van der Waals surface area contributed by atoms with E-state index in [0.717, 1.165) is 28.0 Å². The van der Waals surface area contributed by atoms with Gasteiger partial charge in [0.25, 0.3) is 0 Å². The molecule has 1 aromatic heterocycles. The van der Waals surface area contributed by atoms with Crippen molar-refractivity contribution in [1.29, 1.82) is 0 Å². The number of hydrogen-bond acceptors (Lipinski definition) is 2. The number of halogens is 1. The van der Waals surface area contributed by atoms with Gasteiger partial charge in [0.05, 0.1) is 9.26 Å². The van der Waals surface area contributed by atoms with Crippen molar-refractivity contribution in [2.45, 2.75) is 46.1 Å². The number of nitrogens with two attached hydrogens (primary N) is 1. The summed E-state index contributed by atoms with van der Waals surface area (Å²) in [4.78, 5) is 0. The number of rotatable bonds is 2. The minimum Gasteiger partial charge on any atom is -0.383 e. The van der Waals surface area contributed by atoms with Gasteiger partial charge in [0, 0.05) is 12.0 Å². The van der Waals surface area contributed by atoms with Crippen molar-refractivity contribution in [2.24, 2.45) is 0 Å². The summed E-state index contributed by atoms with van der Waals surface area (Å²) in [5, 5.41) is 4.55. The molecule has 0 bridgehead atoms. The summed E-state index contributed by atoms with van der Waals surface area (Å²) in [5.74, 6) is 0.803. The van der Waals surface area contributed by atoms with Gasteiger partial charge >= 0.3 is 0 Å². The second-order valence-corrected chi connectivity index (χ2v) is 5.60. The zero-order valence-electron chi connectivity index (χ0n) is 9.26. The van der Waals surface area contributed by atoms with E-state index in [-0.39, 0.29) is 5.41 Å². The smallest absolute Gasteiger partial charge is 0.135 e. The Morgan fingerprint density at radius 2 is 2.00 bits per heavy atom. The number of hydrogen-bond donors (Lipinski definition) is 1. The van der Waals surface area contributed by atoms with E-state index < -0.39 is 0 Å². The van der Waals surface area contributed by atoms with Gasteiger partial charge in [-0.3, -0.25) is 0 Å². The number of nitrogens with zero attached hydrogens (tertiary/aromatic N) is 2. The Bertz CT molecular complexity index is 323. The van der Waals surface area contributed by atoms with Crippen LogP contribution in [0.15, 0.2) is 0 Å². The molecule has 0 aliphatic heterocycles. The molecule has 0 aliphatic rings. The maximum absolute atomic E-state index is 5.98. The molecule has 1 aromatic rings. The fraction of sp³-hybridized carbons (Fsp3) is 0.700. The van der Waals surface area contributed by atoms with Gasteiger partial charge in [-0.2, -0.15) is 5.10 Å². The number of aryl methyl sites for hydroxylation is 1. The van der Waals surface area contributed by atoms with Gasteiger partial charge in [-0.1, -0.05) is 27.7 Å². The van der Waals surface area contributed by atoms with E-state index in [0.29, 0.717) is 0 Å². The monoisotopic (exact) mass is 307 g/mol. The zero-order valence-corrected chi connectivity index (χ0v) is 11.4. The van der Waals surface area contributed by atoms with Crippen molar-refractivity contribution in [3.8, 4) is 0 Å². The molecule has 0 fully saturated rings. The van der Waals surface area contributed by atoms with Crippen LogP contribution in [-0.4, -0.2) is 9.78 Å². The van der Waals surface area contributed by atoms with E-state index in [9.17, 15) is 0 Å². The highest BCUT2D eigenvalue weighted by Gasteiger charge is 2.23. The first-order chi connectivity index (χ1) is 6.38. The molecule has 0 aromatic carbocycles. The molecule has 1 heterocycles. The SMILES string of the molecule is CCCn1nc(C(C)(C)C)c(I)c1N. The van der Waals surface area contributed by atoms with Crippen LogP contribution in [0, 0.1) is 3.57 Å². The Labute approximate surface area is 99.2 Å². The first-order valence-corrected chi connectivity index (χ1v) is 5.98. The molecule has 0 amide bonds. The van der Waals surface area contributed by atoms with Crippen LogP contribution in [0.2, 0.25) is 0 Å². The lowest BCUT2D eigenvalue weighted by atomic mass is 9.92. The summed E-state index contributed by atoms with van der Waals surface area (Å²) in [6.45, 7) is 9.51. The zero-order chi connectivity index (χ0) is 10.9. The molecule has 1 rings (SSSR count). The predicted molar refractivity (Wildman–Crippen MR) is 68.3 cm³/mol. The highest BCUT2D eigenvalue weighted by atomic mass is 127. The van der Waals surface area contributed by atoms with Crippen molar-refractivity contribution >= 4 is 28.4 Å². The Hall–Kier alpha value is -0.260. The Kier molecular flexibility index (Phi) is 3.44. The maximum atomic E-state index is 5.98. The van der Waals surface area contributed by atoms with Crippen molar-refractivity contribution in [3.63, 3.8) is 0 Å². The van der Waals surface area contributed by atoms with Gasteiger partial charge in [-0.05, 0) is 29.0 Å². The largest absolute Gasteiger partial charge is 0.383 e. The van der Waals surface area contributed by atoms with Crippen LogP contribution in [0.25, 0.3) is 0 Å². The van der Waals surface area contributed by atoms with Crippen LogP contribution < -0.4 is 5.73 Å². The average molecular weight is 307 g/mol. The first kappa shape index (κ1) is 11.8. The molecule has 0 atom stereocenters. The number of aromatic nitrogens is 2. The standard InChI is InChI=1S/C10H18IN3/c1-5-6-14-9(12)7(11)8(13-14)10(2,3)4/h5-6,12H2,1-4H3. The molecule has 0 saturated heterocycles. The van der Waals surface area contributed by atoms with E-state index in [1.165, 1.54) is 0 Å². The average Bonchev–Trinajstić information content (AvgIpc) is 2.32. The third-order valence-electron chi connectivity index (χ3n) is 2.08. The van der Waals surface area contributed by atoms with E-state index in [2.05, 4.69) is 55.4 Å². The summed E-state index contributed by atoms with van der Waals surface area (Å²) in [5.41, 5.74) is 7.15. The molecule has 2 N–H and O–H groups in total. The van der Waals surface area contributed by atoms with Gasteiger partial charge in [0.1, 0.15) is 5.82 Å². The molecular formula is C10H18IN3. The first-order valence-electron chi connectivity index (χ1n) is 4.90. The van der Waals surface area contributed by atoms with Crippen LogP contribution in [0.5, 0.6) is 0 Å². The molecule has 0 radical (unpaired) electrons. The van der Waals surface area contributed by atoms with Crippen LogP contribution in [0.1, 0.15) is 39.8 Å². The number of anilines is 1. The minimum absolute atomic E-state index is 0.0731. The van der Waals surface area contributed by atoms with Crippen molar-refractivity contribution in [2.75, 3.05) is 5.73 Å². The van der Waals surface area contributed by atoms with Gasteiger partial charge < -0.3 is 5.73 Å². The van der Waals surface area contributed by atoms with E-state index in [1.54, 1.807) is 0 Å². The molecule has 0 spiro atoms. The van der Waals surface area contributed by atoms with Crippen LogP contribution in [-0.2, 0) is 12.0 Å². The van der Waals surface area contributed by atoms with Crippen LogP contribution >= 0.6 is 22.6 Å². The Morgan fingerprint density at radius 1 is 1.43 bits per heavy atom. The molecule has 14 heavy (non-hydrogen) atoms. The Balaban J connectivity index is 3.15. The van der Waals surface area contributed by atoms with Gasteiger partial charge in [0.2, 0.25) is 0 Å². The lowest BCUT2D eigenvalue weighted by molar-refractivity contribution is 0.529. The topological polar surface area (TPSA) is 43.8 Å². The normalized spacial score (nSPS) is 12.1. The van der Waals surface area contributed by atoms with E-state index in [4.69, 9.17) is 5.73 Å². The van der Waals surface area contributed by atoms with Gasteiger partial charge in [-0.25, -0.2) is 4.68 Å². The summed E-state index contributed by atoms with van der Waals surface area (Å²) in [7, 11) is 0. The Morgan fingerprint density at radius 3 is 2.36 bits per heavy atom. The fourth-order valence-corrected chi connectivity index (χ4v) is 2.51. The van der Waals surface area contributed by atoms with Crippen LogP contribution in [0.4, 0.5) is 5.82 Å². The molecule has 0 saturated carbocycles. The molecule has 3 nitrogen and oxygen atoms in total. The predicted octanol–water partition coefficient (Wildman–Crippen LogP) is 2.78. The molecule has 0 aliphatic carbocycles. The molecule has 0 unspecified atom stereocenters. The number of nitrogen functional groups attached to an aromatic ring is 1. The summed E-state index contributed by atoms with van der Waals surface area (Å²) < 4.78 is 3.01. The molecule has 4 heteroatoms. The second-order valence-electron chi connectivity index (χ2n) is 4.52. The summed E-state index contributed by atoms with van der Waals surface area (Å²) in [6, 6.07) is 0. The lowest BCUT2D eigenvalue weighted by Gasteiger charge is -2.15. The maximum Gasteiger partial charge on any atom is 0.135 e. The highest BCUT2D eigenvalue weighted by Crippen LogP contribution is 2.29. The fourth-order valence-electron chi connectivity index (χ4n) is 1.31. The van der Waals surface area contributed by atoms with Gasteiger partial charge in [0.15, 0.2) is 0 Å². The lowest BCUT2D eigenvalue weighted by Crippen LogP contribution is -2.14. The molecular weight excluding hydrogens is 289 g/mol. The quantitative estimate of drug-likeness (QED) is 0.854. The summed E-state index contributed by atoms with van der Waals surface area (Å²) >= 11 is 2.28. The highest BCUT2D eigenvalue weighted by molar-refractivity contribution is 14.1. The minimum atomic E-state index is 0.0731. The van der Waals surface area contributed by atoms with Gasteiger partial charge in [-0.15, -0.1) is 0 Å². The summed E-state index contributed by atoms with van der Waals surface area (Å²) in [6.07, 6.45) is 1.06. The van der Waals surface area contributed by atoms with Crippen molar-refractivity contribution in [3.05, 3.63) is 9.26 Å². The second kappa shape index (κ2) is 4.08. The third kappa shape index (κ3) is 2.21. The van der Waals surface area contributed by atoms with Crippen molar-refractivity contribution in [1.82, 2.24) is 9.78 Å².